The summed E-state index contributed by atoms with van der Waals surface area (Å²) in [6.45, 7) is 12.8. The molecular formula is C35H38N2O6. The molecule has 2 heterocycles. The molecule has 0 atom stereocenters. The van der Waals surface area contributed by atoms with Gasteiger partial charge in [-0.1, -0.05) is 39.8 Å². The molecule has 0 radical (unpaired) electrons. The van der Waals surface area contributed by atoms with Crippen LogP contribution in [-0.2, 0) is 10.8 Å². The molecule has 0 saturated heterocycles. The van der Waals surface area contributed by atoms with Crippen molar-refractivity contribution < 1.29 is 29.2 Å². The van der Waals surface area contributed by atoms with Crippen LogP contribution in [0.15, 0.2) is 60.7 Å². The van der Waals surface area contributed by atoms with Gasteiger partial charge in [0, 0.05) is 46.9 Å². The van der Waals surface area contributed by atoms with E-state index in [1.54, 1.807) is 24.3 Å². The molecule has 8 nitrogen and oxygen atoms in total. The zero-order chi connectivity index (χ0) is 30.9. The Balaban J connectivity index is 1.45. The van der Waals surface area contributed by atoms with Crippen LogP contribution in [0.2, 0.25) is 0 Å². The van der Waals surface area contributed by atoms with E-state index in [1.165, 1.54) is 12.1 Å². The highest BCUT2D eigenvalue weighted by Gasteiger charge is 2.54. The summed E-state index contributed by atoms with van der Waals surface area (Å²) in [6, 6.07) is 17.7. The standard InChI is InChI=1S/C35H38N2O6/c1-19-11-23-31(29(13-19)40-21-7-9-25(36)27(38)15-21)42-35(17-33(23,3)4)18-34(5,6)24-12-20(2)14-30(32(24)43-35)41-22-8-10-26(37)28(39)16-22/h7-16,38-39H,17-18,36-37H2,1-6H3. The average molecular weight is 583 g/mol. The van der Waals surface area contributed by atoms with Gasteiger partial charge in [-0.05, 0) is 61.4 Å². The highest BCUT2D eigenvalue weighted by Crippen LogP contribution is 2.58. The largest absolute Gasteiger partial charge is 0.506 e. The first-order valence-corrected chi connectivity index (χ1v) is 14.4. The minimum Gasteiger partial charge on any atom is -0.506 e. The van der Waals surface area contributed by atoms with Crippen LogP contribution >= 0.6 is 0 Å². The molecule has 2 aliphatic rings. The Labute approximate surface area is 251 Å². The highest BCUT2D eigenvalue weighted by molar-refractivity contribution is 5.61. The number of hydrogen-bond acceptors (Lipinski definition) is 8. The number of phenolic OH excluding ortho intramolecular Hbond substituents is 2. The van der Waals surface area contributed by atoms with E-state index >= 15 is 0 Å². The summed E-state index contributed by atoms with van der Waals surface area (Å²) in [5.41, 5.74) is 15.6. The van der Waals surface area contributed by atoms with Crippen LogP contribution in [0.3, 0.4) is 0 Å². The number of benzene rings is 4. The molecule has 1 spiro atoms. The Morgan fingerprint density at radius 3 is 1.40 bits per heavy atom. The Hall–Kier alpha value is -4.72. The first-order chi connectivity index (χ1) is 20.1. The molecular weight excluding hydrogens is 544 g/mol. The molecule has 6 rings (SSSR count). The van der Waals surface area contributed by atoms with Gasteiger partial charge in [0.2, 0.25) is 0 Å². The Morgan fingerprint density at radius 1 is 0.628 bits per heavy atom. The molecule has 0 amide bonds. The summed E-state index contributed by atoms with van der Waals surface area (Å²) in [7, 11) is 0. The smallest absolute Gasteiger partial charge is 0.253 e. The number of nitrogens with two attached hydrogens (primary N) is 2. The van der Waals surface area contributed by atoms with Gasteiger partial charge < -0.3 is 40.6 Å². The lowest BCUT2D eigenvalue weighted by Crippen LogP contribution is -2.55. The van der Waals surface area contributed by atoms with Gasteiger partial charge in [-0.3, -0.25) is 0 Å². The molecule has 6 N–H and O–H groups in total. The predicted molar refractivity (Wildman–Crippen MR) is 167 cm³/mol. The topological polar surface area (TPSA) is 129 Å². The Morgan fingerprint density at radius 2 is 1.02 bits per heavy atom. The van der Waals surface area contributed by atoms with Crippen LogP contribution in [0.1, 0.15) is 62.8 Å². The van der Waals surface area contributed by atoms with Crippen molar-refractivity contribution >= 4 is 11.4 Å². The summed E-state index contributed by atoms with van der Waals surface area (Å²) in [4.78, 5) is 0. The zero-order valence-electron chi connectivity index (χ0n) is 25.4. The van der Waals surface area contributed by atoms with E-state index in [2.05, 4.69) is 39.8 Å². The van der Waals surface area contributed by atoms with Crippen molar-refractivity contribution in [2.24, 2.45) is 0 Å². The van der Waals surface area contributed by atoms with Gasteiger partial charge in [-0.2, -0.15) is 0 Å². The minimum atomic E-state index is -1.04. The molecule has 0 fully saturated rings. The van der Waals surface area contributed by atoms with Crippen molar-refractivity contribution in [2.75, 3.05) is 11.5 Å². The second-order valence-corrected chi connectivity index (χ2v) is 13.2. The van der Waals surface area contributed by atoms with E-state index in [4.69, 9.17) is 30.4 Å². The third kappa shape index (κ3) is 5.11. The number of hydrogen-bond donors (Lipinski definition) is 4. The van der Waals surface area contributed by atoms with Gasteiger partial charge in [-0.15, -0.1) is 0 Å². The van der Waals surface area contributed by atoms with Gasteiger partial charge >= 0.3 is 0 Å². The van der Waals surface area contributed by atoms with Gasteiger partial charge in [-0.25, -0.2) is 0 Å². The van der Waals surface area contributed by atoms with Crippen LogP contribution in [0.4, 0.5) is 11.4 Å². The van der Waals surface area contributed by atoms with Gasteiger partial charge in [0.1, 0.15) is 23.0 Å². The maximum absolute atomic E-state index is 10.2. The summed E-state index contributed by atoms with van der Waals surface area (Å²) in [5, 5.41) is 20.4. The van der Waals surface area contributed by atoms with Crippen LogP contribution < -0.4 is 30.4 Å². The van der Waals surface area contributed by atoms with Crippen LogP contribution in [0.5, 0.6) is 46.0 Å². The van der Waals surface area contributed by atoms with E-state index in [1.807, 2.05) is 26.0 Å². The molecule has 2 aliphatic heterocycles. The maximum atomic E-state index is 10.2. The number of ether oxygens (including phenoxy) is 4. The molecule has 0 aromatic heterocycles. The van der Waals surface area contributed by atoms with Crippen molar-refractivity contribution in [3.05, 3.63) is 82.9 Å². The summed E-state index contributed by atoms with van der Waals surface area (Å²) >= 11 is 0. The zero-order valence-corrected chi connectivity index (χ0v) is 25.4. The molecule has 0 saturated carbocycles. The maximum Gasteiger partial charge on any atom is 0.253 e. The summed E-state index contributed by atoms with van der Waals surface area (Å²) < 4.78 is 26.5. The normalized spacial score (nSPS) is 17.3. The molecule has 0 bridgehead atoms. The predicted octanol–water partition coefficient (Wildman–Crippen LogP) is 7.98. The number of rotatable bonds is 4. The van der Waals surface area contributed by atoms with Crippen molar-refractivity contribution in [2.45, 2.75) is 71.0 Å². The molecule has 4 aromatic rings. The van der Waals surface area contributed by atoms with E-state index in [0.717, 1.165) is 22.3 Å². The quantitative estimate of drug-likeness (QED) is 0.141. The summed E-state index contributed by atoms with van der Waals surface area (Å²) in [6.07, 6.45) is 1.16. The van der Waals surface area contributed by atoms with E-state index in [0.29, 0.717) is 47.3 Å². The third-order valence-electron chi connectivity index (χ3n) is 8.31. The number of fused-ring (bicyclic) bond motifs is 2. The molecule has 224 valence electrons. The Kier molecular flexibility index (Phi) is 6.38. The summed E-state index contributed by atoms with van der Waals surface area (Å²) in [5.74, 6) is 1.96. The number of aromatic hydroxyl groups is 2. The van der Waals surface area contributed by atoms with Crippen molar-refractivity contribution in [3.8, 4) is 46.0 Å². The van der Waals surface area contributed by atoms with E-state index in [-0.39, 0.29) is 33.7 Å². The number of nitrogen functional groups attached to an aromatic ring is 2. The molecule has 43 heavy (non-hydrogen) atoms. The van der Waals surface area contributed by atoms with E-state index in [9.17, 15) is 10.2 Å². The molecule has 0 unspecified atom stereocenters. The van der Waals surface area contributed by atoms with Crippen LogP contribution in [0.25, 0.3) is 0 Å². The van der Waals surface area contributed by atoms with Crippen LogP contribution in [0, 0.1) is 13.8 Å². The van der Waals surface area contributed by atoms with E-state index < -0.39 is 5.79 Å². The lowest BCUT2D eigenvalue weighted by atomic mass is 9.68. The van der Waals surface area contributed by atoms with Crippen molar-refractivity contribution in [3.63, 3.8) is 0 Å². The monoisotopic (exact) mass is 582 g/mol. The van der Waals surface area contributed by atoms with Crippen LogP contribution in [-0.4, -0.2) is 16.0 Å². The number of aryl methyl sites for hydroxylation is 2. The fraction of sp³-hybridized carbons (Fsp3) is 0.314. The number of phenols is 2. The van der Waals surface area contributed by atoms with Gasteiger partial charge in [0.25, 0.3) is 5.79 Å². The first kappa shape index (κ1) is 28.4. The van der Waals surface area contributed by atoms with Crippen molar-refractivity contribution in [1.29, 1.82) is 0 Å². The Bertz CT molecular complexity index is 1630. The highest BCUT2D eigenvalue weighted by atomic mass is 16.7. The second-order valence-electron chi connectivity index (χ2n) is 13.2. The molecule has 4 aromatic carbocycles. The van der Waals surface area contributed by atoms with Gasteiger partial charge in [0.05, 0.1) is 11.4 Å². The van der Waals surface area contributed by atoms with Crippen molar-refractivity contribution in [1.82, 2.24) is 0 Å². The molecule has 0 aliphatic carbocycles. The first-order valence-electron chi connectivity index (χ1n) is 14.4. The SMILES string of the molecule is Cc1cc(Oc2ccc(N)c(O)c2)c2c(c1)C(C)(C)CC1(CC(C)(C)c3cc(C)cc(Oc4ccc(N)c(O)c4)c3O1)O2. The average Bonchev–Trinajstić information content (AvgIpc) is 2.89. The second kappa shape index (κ2) is 9.66. The fourth-order valence-electron chi connectivity index (χ4n) is 6.41. The van der Waals surface area contributed by atoms with Gasteiger partial charge in [0.15, 0.2) is 23.0 Å². The fourth-order valence-corrected chi connectivity index (χ4v) is 6.41. The third-order valence-corrected chi connectivity index (χ3v) is 8.31. The minimum absolute atomic E-state index is 0.0528. The number of anilines is 2. The molecule has 8 heteroatoms. The lowest BCUT2D eigenvalue weighted by Gasteiger charge is -2.51. The lowest BCUT2D eigenvalue weighted by molar-refractivity contribution is -0.167.